The van der Waals surface area contributed by atoms with Gasteiger partial charge in [0.25, 0.3) is 5.91 Å². The van der Waals surface area contributed by atoms with E-state index in [0.29, 0.717) is 11.4 Å². The highest BCUT2D eigenvalue weighted by molar-refractivity contribution is 7.08. The van der Waals surface area contributed by atoms with Crippen molar-refractivity contribution in [2.45, 2.75) is 19.8 Å². The maximum atomic E-state index is 12.6. The van der Waals surface area contributed by atoms with E-state index in [1.165, 1.54) is 11.5 Å². The quantitative estimate of drug-likeness (QED) is 0.847. The van der Waals surface area contributed by atoms with Crippen LogP contribution in [0.3, 0.4) is 0 Å². The lowest BCUT2D eigenvalue weighted by molar-refractivity contribution is 0.0770. The van der Waals surface area contributed by atoms with Gasteiger partial charge in [-0.3, -0.25) is 4.79 Å². The first-order chi connectivity index (χ1) is 10.8. The van der Waals surface area contributed by atoms with Crippen molar-refractivity contribution >= 4 is 23.3 Å². The topological polar surface area (TPSA) is 75.1 Å². The fraction of sp³-hybridized carbons (Fsp3) is 0.500. The summed E-state index contributed by atoms with van der Waals surface area (Å²) in [4.78, 5) is 17.4. The maximum absolute atomic E-state index is 12.6. The zero-order valence-electron chi connectivity index (χ0n) is 12.5. The number of amides is 1. The average Bonchev–Trinajstić information content (AvgIpc) is 2.91. The Morgan fingerprint density at radius 1 is 1.27 bits per heavy atom. The predicted octanol–water partition coefficient (Wildman–Crippen LogP) is 1.24. The van der Waals surface area contributed by atoms with E-state index >= 15 is 0 Å². The fourth-order valence-electron chi connectivity index (χ4n) is 2.56. The molecule has 1 aliphatic rings. The van der Waals surface area contributed by atoms with Crippen LogP contribution in [-0.2, 0) is 6.42 Å². The molecule has 22 heavy (non-hydrogen) atoms. The van der Waals surface area contributed by atoms with Gasteiger partial charge in [0, 0.05) is 32.4 Å². The second-order valence-corrected chi connectivity index (χ2v) is 5.87. The highest BCUT2D eigenvalue weighted by atomic mass is 32.1. The number of carbonyl (C=O) groups excluding carboxylic acids is 1. The summed E-state index contributed by atoms with van der Waals surface area (Å²) in [6, 6.07) is 3.83. The zero-order chi connectivity index (χ0) is 15.4. The summed E-state index contributed by atoms with van der Waals surface area (Å²) in [6.45, 7) is 5.06. The van der Waals surface area contributed by atoms with Crippen molar-refractivity contribution in [3.8, 4) is 0 Å². The Hall–Kier alpha value is -2.09. The van der Waals surface area contributed by atoms with Gasteiger partial charge in [0.1, 0.15) is 4.88 Å². The molecule has 1 aliphatic heterocycles. The number of anilines is 1. The van der Waals surface area contributed by atoms with Gasteiger partial charge in [-0.25, -0.2) is 0 Å². The van der Waals surface area contributed by atoms with Crippen LogP contribution >= 0.6 is 11.5 Å². The van der Waals surface area contributed by atoms with Crippen LogP contribution in [0.15, 0.2) is 18.3 Å². The number of aromatic nitrogens is 4. The van der Waals surface area contributed by atoms with E-state index in [4.69, 9.17) is 0 Å². The lowest BCUT2D eigenvalue weighted by Crippen LogP contribution is -2.35. The Balaban J connectivity index is 1.69. The summed E-state index contributed by atoms with van der Waals surface area (Å²) in [7, 11) is 0. The molecule has 8 heteroatoms. The Morgan fingerprint density at radius 3 is 2.95 bits per heavy atom. The molecule has 0 N–H and O–H groups in total. The normalized spacial score (nSPS) is 15.7. The minimum atomic E-state index is 0.0489. The molecule has 0 saturated carbocycles. The minimum absolute atomic E-state index is 0.0489. The molecule has 0 atom stereocenters. The van der Waals surface area contributed by atoms with E-state index < -0.39 is 0 Å². The van der Waals surface area contributed by atoms with Crippen molar-refractivity contribution in [1.29, 1.82) is 0 Å². The van der Waals surface area contributed by atoms with Crippen LogP contribution in [0.4, 0.5) is 5.82 Å². The molecule has 1 saturated heterocycles. The van der Waals surface area contributed by atoms with E-state index in [1.54, 1.807) is 6.20 Å². The third kappa shape index (κ3) is 3.06. The first kappa shape index (κ1) is 14.8. The van der Waals surface area contributed by atoms with Crippen LogP contribution in [-0.4, -0.2) is 56.8 Å². The number of nitrogens with zero attached hydrogens (tertiary/aromatic N) is 6. The van der Waals surface area contributed by atoms with Crippen molar-refractivity contribution < 1.29 is 4.79 Å². The average molecular weight is 318 g/mol. The largest absolute Gasteiger partial charge is 0.353 e. The molecule has 0 aliphatic carbocycles. The molecule has 2 aromatic heterocycles. The lowest BCUT2D eigenvalue weighted by Gasteiger charge is -2.22. The minimum Gasteiger partial charge on any atom is -0.353 e. The Bertz CT molecular complexity index is 631. The van der Waals surface area contributed by atoms with Crippen LogP contribution in [0.5, 0.6) is 0 Å². The number of hydrogen-bond acceptors (Lipinski definition) is 7. The smallest absolute Gasteiger partial charge is 0.267 e. The Labute approximate surface area is 133 Å². The highest BCUT2D eigenvalue weighted by Gasteiger charge is 2.24. The van der Waals surface area contributed by atoms with Crippen molar-refractivity contribution in [3.63, 3.8) is 0 Å². The predicted molar refractivity (Wildman–Crippen MR) is 84.1 cm³/mol. The lowest BCUT2D eigenvalue weighted by atomic mass is 10.2. The summed E-state index contributed by atoms with van der Waals surface area (Å²) >= 11 is 1.19. The molecule has 0 unspecified atom stereocenters. The summed E-state index contributed by atoms with van der Waals surface area (Å²) in [5.41, 5.74) is 0.796. The summed E-state index contributed by atoms with van der Waals surface area (Å²) in [6.07, 6.45) is 3.31. The summed E-state index contributed by atoms with van der Waals surface area (Å²) < 4.78 is 3.91. The van der Waals surface area contributed by atoms with E-state index in [0.717, 1.165) is 44.0 Å². The third-order valence-corrected chi connectivity index (χ3v) is 4.51. The molecule has 0 radical (unpaired) electrons. The van der Waals surface area contributed by atoms with Crippen molar-refractivity contribution in [2.75, 3.05) is 31.1 Å². The molecule has 0 aromatic carbocycles. The molecule has 0 spiro atoms. The molecule has 1 fully saturated rings. The molecular weight excluding hydrogens is 300 g/mol. The van der Waals surface area contributed by atoms with Gasteiger partial charge >= 0.3 is 0 Å². The summed E-state index contributed by atoms with van der Waals surface area (Å²) in [5.74, 6) is 0.915. The van der Waals surface area contributed by atoms with Crippen LogP contribution in [0, 0.1) is 0 Å². The van der Waals surface area contributed by atoms with Gasteiger partial charge in [-0.15, -0.1) is 10.2 Å². The number of aryl methyl sites for hydroxylation is 1. The van der Waals surface area contributed by atoms with Crippen LogP contribution < -0.4 is 4.90 Å². The molecule has 0 bridgehead atoms. The van der Waals surface area contributed by atoms with Gasteiger partial charge in [0.2, 0.25) is 0 Å². The molecule has 116 valence electrons. The molecule has 7 nitrogen and oxygen atoms in total. The second kappa shape index (κ2) is 6.78. The van der Waals surface area contributed by atoms with E-state index in [2.05, 4.69) is 24.7 Å². The van der Waals surface area contributed by atoms with E-state index in [-0.39, 0.29) is 5.91 Å². The van der Waals surface area contributed by atoms with Crippen LogP contribution in [0.25, 0.3) is 0 Å². The first-order valence-electron chi connectivity index (χ1n) is 7.42. The van der Waals surface area contributed by atoms with Gasteiger partial charge < -0.3 is 9.80 Å². The van der Waals surface area contributed by atoms with Gasteiger partial charge in [-0.05, 0) is 36.5 Å². The van der Waals surface area contributed by atoms with E-state index in [1.807, 2.05) is 24.0 Å². The number of rotatable bonds is 3. The van der Waals surface area contributed by atoms with Crippen LogP contribution in [0.2, 0.25) is 0 Å². The third-order valence-electron chi connectivity index (χ3n) is 3.75. The maximum Gasteiger partial charge on any atom is 0.267 e. The van der Waals surface area contributed by atoms with Gasteiger partial charge in [0.15, 0.2) is 5.82 Å². The zero-order valence-corrected chi connectivity index (χ0v) is 13.3. The fourth-order valence-corrected chi connectivity index (χ4v) is 3.28. The molecular formula is C14H18N6OS. The number of carbonyl (C=O) groups is 1. The van der Waals surface area contributed by atoms with Crippen molar-refractivity contribution in [3.05, 3.63) is 28.9 Å². The monoisotopic (exact) mass is 318 g/mol. The molecule has 2 aromatic rings. The Kier molecular flexibility index (Phi) is 4.57. The first-order valence-corrected chi connectivity index (χ1v) is 8.20. The standard InChI is InChI=1S/C14H18N6OS/c1-2-11-13(22-18-16-11)14(21)20-8-4-7-19(9-10-20)12-5-3-6-15-17-12/h3,5-6H,2,4,7-10H2,1H3. The van der Waals surface area contributed by atoms with Crippen molar-refractivity contribution in [1.82, 2.24) is 24.7 Å². The SMILES string of the molecule is CCc1nnsc1C(=O)N1CCCN(c2cccnn2)CC1. The van der Waals surface area contributed by atoms with Gasteiger partial charge in [-0.2, -0.15) is 5.10 Å². The van der Waals surface area contributed by atoms with Crippen molar-refractivity contribution in [2.24, 2.45) is 0 Å². The second-order valence-electron chi connectivity index (χ2n) is 5.12. The van der Waals surface area contributed by atoms with Gasteiger partial charge in [-0.1, -0.05) is 11.4 Å². The van der Waals surface area contributed by atoms with Gasteiger partial charge in [0.05, 0.1) is 5.69 Å². The Morgan fingerprint density at radius 2 is 2.18 bits per heavy atom. The molecule has 3 heterocycles. The molecule has 3 rings (SSSR count). The number of hydrogen-bond donors (Lipinski definition) is 0. The molecule has 1 amide bonds. The van der Waals surface area contributed by atoms with Crippen LogP contribution in [0.1, 0.15) is 28.7 Å². The van der Waals surface area contributed by atoms with E-state index in [9.17, 15) is 4.79 Å². The highest BCUT2D eigenvalue weighted by Crippen LogP contribution is 2.17. The summed E-state index contributed by atoms with van der Waals surface area (Å²) in [5, 5.41) is 12.1.